The number of H-pyrrole nitrogens is 1. The molecule has 0 bridgehead atoms. The van der Waals surface area contributed by atoms with Crippen molar-refractivity contribution in [1.82, 2.24) is 15.3 Å². The molecule has 2 amide bonds. The van der Waals surface area contributed by atoms with Gasteiger partial charge in [-0.25, -0.2) is 9.78 Å². The van der Waals surface area contributed by atoms with Crippen LogP contribution in [0.5, 0.6) is 0 Å². The number of anilines is 2. The second-order valence-electron chi connectivity index (χ2n) is 11.6. The van der Waals surface area contributed by atoms with Crippen molar-refractivity contribution in [2.24, 2.45) is 0 Å². The molecule has 5 rings (SSSR count). The molecule has 1 saturated heterocycles. The number of amides is 2. The van der Waals surface area contributed by atoms with Crippen LogP contribution >= 0.6 is 0 Å². The van der Waals surface area contributed by atoms with E-state index < -0.39 is 5.60 Å². The third-order valence-electron chi connectivity index (χ3n) is 7.25. The molecule has 1 atom stereocenters. The van der Waals surface area contributed by atoms with Crippen LogP contribution in [0, 0.1) is 0 Å². The number of carbonyl (C=O) groups is 2. The number of nitrogens with zero attached hydrogens (tertiary/aromatic N) is 2. The van der Waals surface area contributed by atoms with Gasteiger partial charge in [-0.1, -0.05) is 48.5 Å². The maximum Gasteiger partial charge on any atom is 0.320 e. The number of aryl methyl sites for hydroxylation is 1. The molecule has 1 unspecified atom stereocenters. The summed E-state index contributed by atoms with van der Waals surface area (Å²) < 4.78 is 5.45. The van der Waals surface area contributed by atoms with Gasteiger partial charge in [0.25, 0.3) is 0 Å². The zero-order valence-electron chi connectivity index (χ0n) is 24.1. The second-order valence-corrected chi connectivity index (χ2v) is 11.6. The van der Waals surface area contributed by atoms with Crippen LogP contribution in [0.15, 0.2) is 73.1 Å². The molecule has 0 radical (unpaired) electrons. The number of aromatic amines is 1. The molecule has 0 saturated carbocycles. The summed E-state index contributed by atoms with van der Waals surface area (Å²) in [4.78, 5) is 35.8. The van der Waals surface area contributed by atoms with Gasteiger partial charge in [0.2, 0.25) is 0 Å². The first-order valence-corrected chi connectivity index (χ1v) is 14.4. The highest BCUT2D eigenvalue weighted by molar-refractivity contribution is 5.93. The van der Waals surface area contributed by atoms with E-state index in [1.807, 2.05) is 69.4 Å². The number of nitrogens with one attached hydrogen (secondary N) is 3. The summed E-state index contributed by atoms with van der Waals surface area (Å²) in [7, 11) is 0. The quantitative estimate of drug-likeness (QED) is 0.210. The SMILES string of the molecule is CC(C)(C)OC(=O)CCc1c[nH]c2ncc(NC(=O)NC(c3ccccc3)c3ccccc3N3CCCCC3)cc12. The van der Waals surface area contributed by atoms with Crippen molar-refractivity contribution in [3.05, 3.63) is 89.7 Å². The van der Waals surface area contributed by atoms with Crippen molar-refractivity contribution in [1.29, 1.82) is 0 Å². The van der Waals surface area contributed by atoms with Crippen molar-refractivity contribution in [3.8, 4) is 0 Å². The van der Waals surface area contributed by atoms with Crippen molar-refractivity contribution in [2.75, 3.05) is 23.3 Å². The van der Waals surface area contributed by atoms with Crippen LogP contribution in [0.25, 0.3) is 11.0 Å². The molecule has 41 heavy (non-hydrogen) atoms. The van der Waals surface area contributed by atoms with E-state index in [4.69, 9.17) is 4.74 Å². The Kier molecular flexibility index (Phi) is 8.57. The summed E-state index contributed by atoms with van der Waals surface area (Å²) in [6, 6.07) is 19.6. The van der Waals surface area contributed by atoms with E-state index in [1.54, 1.807) is 6.20 Å². The number of fused-ring (bicyclic) bond motifs is 1. The Morgan fingerprint density at radius 1 is 1.02 bits per heavy atom. The number of hydrogen-bond donors (Lipinski definition) is 3. The summed E-state index contributed by atoms with van der Waals surface area (Å²) in [5, 5.41) is 7.07. The molecule has 4 aromatic rings. The molecule has 1 aliphatic heterocycles. The lowest BCUT2D eigenvalue weighted by atomic mass is 9.96. The fraction of sp³-hybridized carbons (Fsp3) is 0.364. The minimum Gasteiger partial charge on any atom is -0.460 e. The van der Waals surface area contributed by atoms with Gasteiger partial charge < -0.3 is 25.3 Å². The molecule has 1 fully saturated rings. The maximum absolute atomic E-state index is 13.4. The van der Waals surface area contributed by atoms with Crippen LogP contribution in [0.1, 0.15) is 69.2 Å². The van der Waals surface area contributed by atoms with Gasteiger partial charge in [0.15, 0.2) is 0 Å². The Hall–Kier alpha value is -4.33. The lowest BCUT2D eigenvalue weighted by molar-refractivity contribution is -0.154. The second kappa shape index (κ2) is 12.5. The van der Waals surface area contributed by atoms with Crippen LogP contribution in [0.3, 0.4) is 0 Å². The minimum absolute atomic E-state index is 0.245. The van der Waals surface area contributed by atoms with Crippen LogP contribution in [0.2, 0.25) is 0 Å². The number of carbonyl (C=O) groups excluding carboxylic acids is 2. The molecule has 3 heterocycles. The Bertz CT molecular complexity index is 1490. The molecule has 0 spiro atoms. The van der Waals surface area contributed by atoms with Crippen LogP contribution in [-0.4, -0.2) is 40.7 Å². The molecule has 3 N–H and O–H groups in total. The highest BCUT2D eigenvalue weighted by atomic mass is 16.6. The summed E-state index contributed by atoms with van der Waals surface area (Å²) in [5.74, 6) is -0.245. The number of pyridine rings is 1. The number of rotatable bonds is 8. The summed E-state index contributed by atoms with van der Waals surface area (Å²) >= 11 is 0. The van der Waals surface area contributed by atoms with Gasteiger partial charge in [-0.05, 0) is 69.7 Å². The van der Waals surface area contributed by atoms with Gasteiger partial charge in [-0.15, -0.1) is 0 Å². The molecule has 214 valence electrons. The topological polar surface area (TPSA) is 99.4 Å². The fourth-order valence-corrected chi connectivity index (χ4v) is 5.40. The first kappa shape index (κ1) is 28.2. The van der Waals surface area contributed by atoms with Gasteiger partial charge in [0, 0.05) is 42.3 Å². The first-order valence-electron chi connectivity index (χ1n) is 14.4. The number of esters is 1. The van der Waals surface area contributed by atoms with E-state index in [-0.39, 0.29) is 24.5 Å². The molecule has 1 aliphatic rings. The van der Waals surface area contributed by atoms with E-state index in [0.717, 1.165) is 40.9 Å². The standard InChI is InChI=1S/C33H39N5O3/c1-33(2,3)41-29(39)17-16-24-21-34-31-27(24)20-25(22-35-31)36-32(40)37-30(23-12-6-4-7-13-23)26-14-8-9-15-28(26)38-18-10-5-11-19-38/h4,6-9,12-15,20-22,30H,5,10-11,16-19H2,1-3H3,(H,34,35)(H2,36,37,40). The normalized spacial score (nSPS) is 14.5. The van der Waals surface area contributed by atoms with Crippen LogP contribution < -0.4 is 15.5 Å². The Balaban J connectivity index is 1.34. The molecule has 0 aliphatic carbocycles. The average molecular weight is 554 g/mol. The fourth-order valence-electron chi connectivity index (χ4n) is 5.40. The van der Waals surface area contributed by atoms with E-state index in [9.17, 15) is 9.59 Å². The summed E-state index contributed by atoms with van der Waals surface area (Å²) in [6.45, 7) is 7.61. The zero-order chi connectivity index (χ0) is 28.8. The van der Waals surface area contributed by atoms with E-state index in [0.29, 0.717) is 17.8 Å². The highest BCUT2D eigenvalue weighted by Gasteiger charge is 2.23. The highest BCUT2D eigenvalue weighted by Crippen LogP contribution is 2.32. The molecule has 8 heteroatoms. The minimum atomic E-state index is -0.519. The number of hydrogen-bond acceptors (Lipinski definition) is 5. The van der Waals surface area contributed by atoms with Crippen molar-refractivity contribution >= 4 is 34.4 Å². The van der Waals surface area contributed by atoms with Gasteiger partial charge in [0.1, 0.15) is 11.2 Å². The number of aromatic nitrogens is 2. The molecule has 8 nitrogen and oxygen atoms in total. The van der Waals surface area contributed by atoms with Crippen molar-refractivity contribution in [3.63, 3.8) is 0 Å². The lowest BCUT2D eigenvalue weighted by Crippen LogP contribution is -2.35. The van der Waals surface area contributed by atoms with Crippen LogP contribution in [0.4, 0.5) is 16.2 Å². The number of urea groups is 1. The molecular formula is C33H39N5O3. The summed E-state index contributed by atoms with van der Waals surface area (Å²) in [5.41, 5.74) is 4.94. The van der Waals surface area contributed by atoms with Crippen LogP contribution in [-0.2, 0) is 16.0 Å². The first-order chi connectivity index (χ1) is 19.8. The number of ether oxygens (including phenoxy) is 1. The lowest BCUT2D eigenvalue weighted by Gasteiger charge is -2.33. The molecule has 2 aromatic carbocycles. The molecule has 2 aromatic heterocycles. The largest absolute Gasteiger partial charge is 0.460 e. The van der Waals surface area contributed by atoms with E-state index >= 15 is 0 Å². The molecular weight excluding hydrogens is 514 g/mol. The predicted octanol–water partition coefficient (Wildman–Crippen LogP) is 6.74. The maximum atomic E-state index is 13.4. The van der Waals surface area contributed by atoms with Crippen molar-refractivity contribution in [2.45, 2.75) is 64.5 Å². The number of para-hydroxylation sites is 1. The van der Waals surface area contributed by atoms with Gasteiger partial charge >= 0.3 is 12.0 Å². The van der Waals surface area contributed by atoms with Gasteiger partial charge in [-0.3, -0.25) is 4.79 Å². The van der Waals surface area contributed by atoms with E-state index in [2.05, 4.69) is 43.7 Å². The van der Waals surface area contributed by atoms with E-state index in [1.165, 1.54) is 19.3 Å². The smallest absolute Gasteiger partial charge is 0.320 e. The summed E-state index contributed by atoms with van der Waals surface area (Å²) in [6.07, 6.45) is 7.86. The van der Waals surface area contributed by atoms with Gasteiger partial charge in [0.05, 0.1) is 17.9 Å². The Morgan fingerprint density at radius 2 is 1.76 bits per heavy atom. The predicted molar refractivity (Wildman–Crippen MR) is 163 cm³/mol. The third-order valence-corrected chi connectivity index (χ3v) is 7.25. The Labute approximate surface area is 241 Å². The third kappa shape index (κ3) is 7.25. The average Bonchev–Trinajstić information content (AvgIpc) is 3.37. The van der Waals surface area contributed by atoms with Gasteiger partial charge in [-0.2, -0.15) is 0 Å². The van der Waals surface area contributed by atoms with Crippen molar-refractivity contribution < 1.29 is 14.3 Å². The number of piperidine rings is 1. The monoisotopic (exact) mass is 553 g/mol. The zero-order valence-corrected chi connectivity index (χ0v) is 24.1. The number of benzene rings is 2. The Morgan fingerprint density at radius 3 is 2.51 bits per heavy atom.